The van der Waals surface area contributed by atoms with E-state index in [1.807, 2.05) is 32.0 Å². The first-order valence-corrected chi connectivity index (χ1v) is 11.9. The molecule has 4 rings (SSSR count). The number of nitrogens with zero attached hydrogens (tertiary/aromatic N) is 2. The number of aromatic nitrogens is 1. The predicted octanol–water partition coefficient (Wildman–Crippen LogP) is 4.36. The molecule has 0 bridgehead atoms. The maximum atomic E-state index is 13.4. The fourth-order valence-electron chi connectivity index (χ4n) is 4.36. The Bertz CT molecular complexity index is 1180. The number of rotatable bonds is 7. The normalized spacial score (nSPS) is 15.2. The van der Waals surface area contributed by atoms with Crippen LogP contribution in [0.3, 0.4) is 0 Å². The molecular formula is C27H31N3O4. The third kappa shape index (κ3) is 5.14. The molecule has 2 amide bonds. The van der Waals surface area contributed by atoms with Gasteiger partial charge in [0.1, 0.15) is 16.9 Å². The average molecular weight is 462 g/mol. The van der Waals surface area contributed by atoms with E-state index in [4.69, 9.17) is 4.42 Å². The number of hydrogen-bond donors (Lipinski definition) is 1. The van der Waals surface area contributed by atoms with Gasteiger partial charge in [0, 0.05) is 31.5 Å². The first kappa shape index (κ1) is 23.5. The van der Waals surface area contributed by atoms with Gasteiger partial charge in [-0.1, -0.05) is 37.3 Å². The molecule has 2 aromatic heterocycles. The van der Waals surface area contributed by atoms with Gasteiger partial charge in [0.05, 0.1) is 12.8 Å². The fourth-order valence-corrected chi connectivity index (χ4v) is 4.36. The molecule has 1 saturated heterocycles. The van der Waals surface area contributed by atoms with Crippen molar-refractivity contribution in [3.8, 4) is 0 Å². The summed E-state index contributed by atoms with van der Waals surface area (Å²) in [7, 11) is 0. The molecule has 1 aromatic carbocycles. The van der Waals surface area contributed by atoms with Crippen LogP contribution in [0.1, 0.15) is 77.1 Å². The molecular weight excluding hydrogens is 430 g/mol. The summed E-state index contributed by atoms with van der Waals surface area (Å²) in [5.74, 6) is 0.162. The smallest absolute Gasteiger partial charge is 0.259 e. The van der Waals surface area contributed by atoms with E-state index in [9.17, 15) is 14.4 Å². The van der Waals surface area contributed by atoms with E-state index in [2.05, 4.69) is 17.4 Å². The van der Waals surface area contributed by atoms with Gasteiger partial charge < -0.3 is 19.2 Å². The number of hydrogen-bond acceptors (Lipinski definition) is 4. The average Bonchev–Trinajstić information content (AvgIpc) is 3.41. The van der Waals surface area contributed by atoms with Crippen LogP contribution in [-0.4, -0.2) is 34.4 Å². The van der Waals surface area contributed by atoms with Crippen molar-refractivity contribution in [1.29, 1.82) is 0 Å². The molecule has 3 aromatic rings. The van der Waals surface area contributed by atoms with Crippen LogP contribution in [0, 0.1) is 0 Å². The van der Waals surface area contributed by atoms with Crippen LogP contribution in [0.15, 0.2) is 70.3 Å². The third-order valence-electron chi connectivity index (χ3n) is 6.68. The van der Waals surface area contributed by atoms with E-state index in [0.717, 1.165) is 19.3 Å². The van der Waals surface area contributed by atoms with Crippen LogP contribution in [0.25, 0.3) is 0 Å². The summed E-state index contributed by atoms with van der Waals surface area (Å²) >= 11 is 0. The zero-order valence-electron chi connectivity index (χ0n) is 19.7. The zero-order chi connectivity index (χ0) is 24.1. The van der Waals surface area contributed by atoms with Gasteiger partial charge in [0.15, 0.2) is 0 Å². The number of furan rings is 1. The van der Waals surface area contributed by atoms with Crippen molar-refractivity contribution in [3.63, 3.8) is 0 Å². The molecule has 0 saturated carbocycles. The highest BCUT2D eigenvalue weighted by Crippen LogP contribution is 2.28. The Labute approximate surface area is 199 Å². The molecule has 178 valence electrons. The summed E-state index contributed by atoms with van der Waals surface area (Å²) in [4.78, 5) is 41.3. The number of carbonyl (C=O) groups is 2. The molecule has 1 unspecified atom stereocenters. The van der Waals surface area contributed by atoms with E-state index in [1.165, 1.54) is 11.8 Å². The molecule has 0 radical (unpaired) electrons. The maximum absolute atomic E-state index is 13.4. The quantitative estimate of drug-likeness (QED) is 0.567. The summed E-state index contributed by atoms with van der Waals surface area (Å²) in [6.07, 6.45) is 7.17. The number of carbonyl (C=O) groups excluding carboxylic acids is 2. The molecule has 3 heterocycles. The van der Waals surface area contributed by atoms with E-state index in [0.29, 0.717) is 24.8 Å². The summed E-state index contributed by atoms with van der Waals surface area (Å²) in [5, 5.41) is 2.73. The van der Waals surface area contributed by atoms with Crippen molar-refractivity contribution in [1.82, 2.24) is 14.8 Å². The standard InChI is InChI=1S/C27H31N3O4/c1-3-19(2)30-17-23(26(32)28-16-22-10-7-15-34-22)25(31)24(18-30)27(33)29-13-11-21(12-14-29)20-8-5-4-6-9-20/h4-10,15,17-19,21H,3,11-14,16H2,1-2H3,(H,28,32). The Hall–Kier alpha value is -3.61. The first-order chi connectivity index (χ1) is 16.5. The molecule has 7 nitrogen and oxygen atoms in total. The number of amides is 2. The number of benzene rings is 1. The van der Waals surface area contributed by atoms with E-state index in [1.54, 1.807) is 34.0 Å². The largest absolute Gasteiger partial charge is 0.467 e. The SMILES string of the molecule is CCC(C)n1cc(C(=O)NCc2ccco2)c(=O)c(C(=O)N2CCC(c3ccccc3)CC2)c1. The van der Waals surface area contributed by atoms with Gasteiger partial charge in [-0.05, 0) is 49.8 Å². The number of pyridine rings is 1. The van der Waals surface area contributed by atoms with Crippen LogP contribution in [0.2, 0.25) is 0 Å². The lowest BCUT2D eigenvalue weighted by Crippen LogP contribution is -2.41. The van der Waals surface area contributed by atoms with Gasteiger partial charge in [0.2, 0.25) is 5.43 Å². The van der Waals surface area contributed by atoms with Crippen LogP contribution in [-0.2, 0) is 6.54 Å². The van der Waals surface area contributed by atoms with Crippen LogP contribution < -0.4 is 10.7 Å². The first-order valence-electron chi connectivity index (χ1n) is 11.9. The van der Waals surface area contributed by atoms with Crippen LogP contribution in [0.5, 0.6) is 0 Å². The number of nitrogens with one attached hydrogen (secondary N) is 1. The van der Waals surface area contributed by atoms with E-state index >= 15 is 0 Å². The van der Waals surface area contributed by atoms with Crippen molar-refractivity contribution in [2.24, 2.45) is 0 Å². The second kappa shape index (κ2) is 10.5. The van der Waals surface area contributed by atoms with Crippen molar-refractivity contribution < 1.29 is 14.0 Å². The summed E-state index contributed by atoms with van der Waals surface area (Å²) in [6, 6.07) is 13.8. The van der Waals surface area contributed by atoms with Gasteiger partial charge in [-0.3, -0.25) is 14.4 Å². The maximum Gasteiger partial charge on any atom is 0.259 e. The van der Waals surface area contributed by atoms with Crippen molar-refractivity contribution in [2.45, 2.75) is 51.6 Å². The minimum Gasteiger partial charge on any atom is -0.467 e. The van der Waals surface area contributed by atoms with Gasteiger partial charge in [0.25, 0.3) is 11.8 Å². The second-order valence-electron chi connectivity index (χ2n) is 8.86. The highest BCUT2D eigenvalue weighted by atomic mass is 16.3. The third-order valence-corrected chi connectivity index (χ3v) is 6.68. The Morgan fingerprint density at radius 1 is 1.06 bits per heavy atom. The number of piperidine rings is 1. The molecule has 0 spiro atoms. The molecule has 34 heavy (non-hydrogen) atoms. The van der Waals surface area contributed by atoms with Crippen LogP contribution >= 0.6 is 0 Å². The highest BCUT2D eigenvalue weighted by molar-refractivity contribution is 5.99. The lowest BCUT2D eigenvalue weighted by molar-refractivity contribution is 0.0710. The van der Waals surface area contributed by atoms with Crippen LogP contribution in [0.4, 0.5) is 0 Å². The Morgan fingerprint density at radius 3 is 2.41 bits per heavy atom. The predicted molar refractivity (Wildman–Crippen MR) is 130 cm³/mol. The van der Waals surface area contributed by atoms with Gasteiger partial charge >= 0.3 is 0 Å². The Kier molecular flexibility index (Phi) is 7.30. The molecule has 1 aliphatic heterocycles. The lowest BCUT2D eigenvalue weighted by atomic mass is 9.89. The molecule has 1 aliphatic rings. The van der Waals surface area contributed by atoms with Gasteiger partial charge in [-0.15, -0.1) is 0 Å². The summed E-state index contributed by atoms with van der Waals surface area (Å²) in [6.45, 7) is 5.34. The van der Waals surface area contributed by atoms with E-state index in [-0.39, 0.29) is 29.6 Å². The lowest BCUT2D eigenvalue weighted by Gasteiger charge is -2.32. The number of likely N-dealkylation sites (tertiary alicyclic amines) is 1. The molecule has 0 aliphatic carbocycles. The second-order valence-corrected chi connectivity index (χ2v) is 8.86. The van der Waals surface area contributed by atoms with E-state index < -0.39 is 11.3 Å². The monoisotopic (exact) mass is 461 g/mol. The summed E-state index contributed by atoms with van der Waals surface area (Å²) in [5.41, 5.74) is 0.761. The molecule has 7 heteroatoms. The molecule has 1 N–H and O–H groups in total. The highest BCUT2D eigenvalue weighted by Gasteiger charge is 2.28. The molecule has 1 atom stereocenters. The van der Waals surface area contributed by atoms with Crippen molar-refractivity contribution >= 4 is 11.8 Å². The van der Waals surface area contributed by atoms with Crippen molar-refractivity contribution in [2.75, 3.05) is 13.1 Å². The van der Waals surface area contributed by atoms with Gasteiger partial charge in [-0.2, -0.15) is 0 Å². The topological polar surface area (TPSA) is 84.5 Å². The van der Waals surface area contributed by atoms with Gasteiger partial charge in [-0.25, -0.2) is 0 Å². The Morgan fingerprint density at radius 2 is 1.76 bits per heavy atom. The Balaban J connectivity index is 1.55. The minimum absolute atomic E-state index is 0.0307. The fraction of sp³-hybridized carbons (Fsp3) is 0.370. The zero-order valence-corrected chi connectivity index (χ0v) is 19.7. The summed E-state index contributed by atoms with van der Waals surface area (Å²) < 4.78 is 7.05. The van der Waals surface area contributed by atoms with Crippen molar-refractivity contribution in [3.05, 3.63) is 93.8 Å². The molecule has 1 fully saturated rings. The minimum atomic E-state index is -0.535.